The number of nitrogens with one attached hydrogen (secondary N) is 2. The highest BCUT2D eigenvalue weighted by Crippen LogP contribution is 2.28. The number of aromatic amines is 1. The van der Waals surface area contributed by atoms with E-state index in [1.165, 1.54) is 13.2 Å². The van der Waals surface area contributed by atoms with Crippen molar-refractivity contribution in [3.8, 4) is 17.1 Å². The van der Waals surface area contributed by atoms with E-state index in [9.17, 15) is 9.18 Å². The topological polar surface area (TPSA) is 79.9 Å². The molecule has 140 valence electrons. The highest BCUT2D eigenvalue weighted by atomic mass is 35.5. The van der Waals surface area contributed by atoms with Crippen molar-refractivity contribution in [2.75, 3.05) is 12.4 Å². The summed E-state index contributed by atoms with van der Waals surface area (Å²) in [6.45, 7) is 1.73. The third-order valence-corrected chi connectivity index (χ3v) is 4.92. The van der Waals surface area contributed by atoms with Crippen molar-refractivity contribution in [1.29, 1.82) is 0 Å². The lowest BCUT2D eigenvalue weighted by Crippen LogP contribution is -2.22. The maximum absolute atomic E-state index is 13.8. The Hall–Kier alpha value is -2.58. The van der Waals surface area contributed by atoms with Gasteiger partial charge in [0, 0.05) is 5.69 Å². The van der Waals surface area contributed by atoms with E-state index in [0.717, 1.165) is 11.8 Å². The number of nitrogens with zero attached hydrogens (tertiary/aromatic N) is 2. The van der Waals surface area contributed by atoms with E-state index in [1.807, 2.05) is 0 Å². The Balaban J connectivity index is 1.65. The summed E-state index contributed by atoms with van der Waals surface area (Å²) in [6.07, 6.45) is 0. The number of halogens is 2. The van der Waals surface area contributed by atoms with Gasteiger partial charge in [-0.05, 0) is 37.3 Å². The SMILES string of the molecule is COc1ccc(NC(=O)[C@H](C)Sc2n[nH]c(-c3ccccc3F)n2)cc1Cl. The molecule has 0 saturated heterocycles. The summed E-state index contributed by atoms with van der Waals surface area (Å²) in [6, 6.07) is 11.2. The van der Waals surface area contributed by atoms with Crippen molar-refractivity contribution in [3.05, 3.63) is 53.3 Å². The third-order valence-electron chi connectivity index (χ3n) is 3.66. The molecule has 6 nitrogen and oxygen atoms in total. The Labute approximate surface area is 164 Å². The molecule has 0 aliphatic heterocycles. The number of amides is 1. The molecular weight excluding hydrogens is 391 g/mol. The molecule has 0 radical (unpaired) electrons. The normalized spacial score (nSPS) is 11.9. The Morgan fingerprint density at radius 2 is 2.11 bits per heavy atom. The van der Waals surface area contributed by atoms with E-state index in [4.69, 9.17) is 16.3 Å². The molecule has 1 aromatic heterocycles. The van der Waals surface area contributed by atoms with Crippen molar-refractivity contribution in [3.63, 3.8) is 0 Å². The lowest BCUT2D eigenvalue weighted by Gasteiger charge is -2.11. The van der Waals surface area contributed by atoms with Gasteiger partial charge in [-0.2, -0.15) is 0 Å². The molecule has 1 atom stereocenters. The lowest BCUT2D eigenvalue weighted by atomic mass is 10.2. The van der Waals surface area contributed by atoms with Crippen LogP contribution in [0.3, 0.4) is 0 Å². The Morgan fingerprint density at radius 1 is 1.33 bits per heavy atom. The van der Waals surface area contributed by atoms with Gasteiger partial charge in [-0.3, -0.25) is 9.89 Å². The fourth-order valence-electron chi connectivity index (χ4n) is 2.27. The smallest absolute Gasteiger partial charge is 0.237 e. The van der Waals surface area contributed by atoms with Crippen LogP contribution in [0.25, 0.3) is 11.4 Å². The first-order chi connectivity index (χ1) is 13.0. The molecule has 2 aromatic carbocycles. The molecule has 27 heavy (non-hydrogen) atoms. The van der Waals surface area contributed by atoms with E-state index in [2.05, 4.69) is 20.5 Å². The van der Waals surface area contributed by atoms with Crippen LogP contribution in [-0.4, -0.2) is 33.4 Å². The molecule has 0 spiro atoms. The minimum atomic E-state index is -0.477. The van der Waals surface area contributed by atoms with Crippen LogP contribution in [0.4, 0.5) is 10.1 Å². The third kappa shape index (κ3) is 4.58. The van der Waals surface area contributed by atoms with Crippen LogP contribution in [0.15, 0.2) is 47.6 Å². The summed E-state index contributed by atoms with van der Waals surface area (Å²) in [5.74, 6) is 0.203. The second kappa shape index (κ2) is 8.41. The fourth-order valence-corrected chi connectivity index (χ4v) is 3.25. The van der Waals surface area contributed by atoms with Crippen LogP contribution in [0.5, 0.6) is 5.75 Å². The van der Waals surface area contributed by atoms with Gasteiger partial charge in [0.15, 0.2) is 5.82 Å². The number of benzene rings is 2. The number of rotatable bonds is 6. The number of anilines is 1. The first-order valence-electron chi connectivity index (χ1n) is 7.96. The lowest BCUT2D eigenvalue weighted by molar-refractivity contribution is -0.115. The number of ether oxygens (including phenoxy) is 1. The minimum absolute atomic E-state index is 0.238. The van der Waals surface area contributed by atoms with Gasteiger partial charge in [0.25, 0.3) is 0 Å². The summed E-state index contributed by atoms with van der Waals surface area (Å²) in [7, 11) is 1.52. The predicted octanol–water partition coefficient (Wildman–Crippen LogP) is 4.39. The highest BCUT2D eigenvalue weighted by molar-refractivity contribution is 8.00. The predicted molar refractivity (Wildman–Crippen MR) is 104 cm³/mol. The van der Waals surface area contributed by atoms with Gasteiger partial charge in [-0.15, -0.1) is 5.10 Å². The van der Waals surface area contributed by atoms with Crippen molar-refractivity contribution in [2.24, 2.45) is 0 Å². The maximum Gasteiger partial charge on any atom is 0.237 e. The van der Waals surface area contributed by atoms with Crippen LogP contribution < -0.4 is 10.1 Å². The Bertz CT molecular complexity index is 966. The number of carbonyl (C=O) groups is 1. The van der Waals surface area contributed by atoms with Crippen molar-refractivity contribution in [2.45, 2.75) is 17.3 Å². The Morgan fingerprint density at radius 3 is 2.81 bits per heavy atom. The summed E-state index contributed by atoms with van der Waals surface area (Å²) < 4.78 is 18.9. The summed E-state index contributed by atoms with van der Waals surface area (Å²) in [5.41, 5.74) is 0.877. The van der Waals surface area contributed by atoms with Gasteiger partial charge < -0.3 is 10.1 Å². The monoisotopic (exact) mass is 406 g/mol. The quantitative estimate of drug-likeness (QED) is 0.593. The second-order valence-corrected chi connectivity index (χ2v) is 7.26. The fraction of sp³-hybridized carbons (Fsp3) is 0.167. The average Bonchev–Trinajstić information content (AvgIpc) is 3.10. The molecule has 2 N–H and O–H groups in total. The van der Waals surface area contributed by atoms with E-state index in [0.29, 0.717) is 33.0 Å². The molecular formula is C18H16ClFN4O2S. The molecule has 0 unspecified atom stereocenters. The van der Waals surface area contributed by atoms with E-state index in [-0.39, 0.29) is 5.91 Å². The van der Waals surface area contributed by atoms with E-state index >= 15 is 0 Å². The molecule has 0 aliphatic rings. The molecule has 0 aliphatic carbocycles. The highest BCUT2D eigenvalue weighted by Gasteiger charge is 2.18. The molecule has 3 rings (SSSR count). The maximum atomic E-state index is 13.8. The van der Waals surface area contributed by atoms with Gasteiger partial charge in [0.1, 0.15) is 11.6 Å². The van der Waals surface area contributed by atoms with Crippen LogP contribution in [-0.2, 0) is 4.79 Å². The zero-order chi connectivity index (χ0) is 19.4. The summed E-state index contributed by atoms with van der Waals surface area (Å²) in [4.78, 5) is 16.6. The first-order valence-corrected chi connectivity index (χ1v) is 9.22. The van der Waals surface area contributed by atoms with Gasteiger partial charge in [0.2, 0.25) is 11.1 Å². The van der Waals surface area contributed by atoms with Crippen molar-refractivity contribution in [1.82, 2.24) is 15.2 Å². The van der Waals surface area contributed by atoms with Crippen LogP contribution in [0, 0.1) is 5.82 Å². The van der Waals surface area contributed by atoms with Gasteiger partial charge >= 0.3 is 0 Å². The minimum Gasteiger partial charge on any atom is -0.495 e. The van der Waals surface area contributed by atoms with Gasteiger partial charge in [-0.1, -0.05) is 35.5 Å². The number of H-pyrrole nitrogens is 1. The average molecular weight is 407 g/mol. The van der Waals surface area contributed by atoms with E-state index < -0.39 is 11.1 Å². The molecule has 1 amide bonds. The number of hydrogen-bond acceptors (Lipinski definition) is 5. The molecule has 3 aromatic rings. The number of thioether (sulfide) groups is 1. The van der Waals surface area contributed by atoms with Crippen LogP contribution >= 0.6 is 23.4 Å². The van der Waals surface area contributed by atoms with Crippen LogP contribution in [0.2, 0.25) is 5.02 Å². The Kier molecular flexibility index (Phi) is 5.98. The van der Waals surface area contributed by atoms with Crippen molar-refractivity contribution < 1.29 is 13.9 Å². The van der Waals surface area contributed by atoms with Gasteiger partial charge in [-0.25, -0.2) is 9.37 Å². The van der Waals surface area contributed by atoms with Gasteiger partial charge in [0.05, 0.1) is 22.9 Å². The molecule has 1 heterocycles. The number of carbonyl (C=O) groups excluding carboxylic acids is 1. The van der Waals surface area contributed by atoms with Crippen molar-refractivity contribution >= 4 is 35.0 Å². The summed E-state index contributed by atoms with van der Waals surface area (Å²) >= 11 is 7.22. The number of methoxy groups -OCH3 is 1. The zero-order valence-corrected chi connectivity index (χ0v) is 16.1. The zero-order valence-electron chi connectivity index (χ0n) is 14.5. The molecule has 9 heteroatoms. The first kappa shape index (κ1) is 19.2. The number of aromatic nitrogens is 3. The van der Waals surface area contributed by atoms with Crippen LogP contribution in [0.1, 0.15) is 6.92 Å². The largest absolute Gasteiger partial charge is 0.495 e. The standard InChI is InChI=1S/C18H16ClFN4O2S/c1-10(17(25)21-11-7-8-15(26-2)13(19)9-11)27-18-22-16(23-24-18)12-5-3-4-6-14(12)20/h3-10H,1-2H3,(H,21,25)(H,22,23,24)/t10-/m0/s1. The second-order valence-electron chi connectivity index (χ2n) is 5.55. The molecule has 0 fully saturated rings. The molecule has 0 bridgehead atoms. The van der Waals surface area contributed by atoms with E-state index in [1.54, 1.807) is 43.3 Å². The molecule has 0 saturated carbocycles. The number of hydrogen-bond donors (Lipinski definition) is 2. The summed E-state index contributed by atoms with van der Waals surface area (Å²) in [5, 5.41) is 9.79.